The van der Waals surface area contributed by atoms with Gasteiger partial charge in [0.05, 0.1) is 6.10 Å². The molecule has 0 fully saturated rings. The van der Waals surface area contributed by atoms with E-state index in [0.717, 1.165) is 12.1 Å². The summed E-state index contributed by atoms with van der Waals surface area (Å²) >= 11 is 0. The molecule has 0 saturated carbocycles. The van der Waals surface area contributed by atoms with E-state index in [4.69, 9.17) is 0 Å². The zero-order valence-corrected chi connectivity index (χ0v) is 11.9. The number of aliphatic hydroxyl groups is 1. The molecule has 0 aliphatic rings. The number of halogens is 2. The fourth-order valence-corrected chi connectivity index (χ4v) is 2.90. The van der Waals surface area contributed by atoms with Gasteiger partial charge in [-0.1, -0.05) is 12.1 Å². The van der Waals surface area contributed by atoms with Crippen LogP contribution in [0.3, 0.4) is 0 Å². The molecule has 1 unspecified atom stereocenters. The molecule has 0 aromatic heterocycles. The molecule has 4 nitrogen and oxygen atoms in total. The number of sulfonamides is 1. The van der Waals surface area contributed by atoms with E-state index in [9.17, 15) is 22.3 Å². The largest absolute Gasteiger partial charge is 0.389 e. The Hall–Kier alpha value is -1.99. The third-order valence-corrected chi connectivity index (χ3v) is 4.20. The molecule has 2 aromatic rings. The molecule has 0 heterocycles. The normalized spacial score (nSPS) is 13.0. The van der Waals surface area contributed by atoms with Crippen molar-refractivity contribution in [1.29, 1.82) is 0 Å². The Kier molecular flexibility index (Phi) is 4.24. The Bertz CT molecular complexity index is 761. The van der Waals surface area contributed by atoms with Gasteiger partial charge in [-0.3, -0.25) is 4.72 Å². The van der Waals surface area contributed by atoms with Crippen LogP contribution in [0.25, 0.3) is 0 Å². The van der Waals surface area contributed by atoms with Crippen LogP contribution < -0.4 is 4.72 Å². The minimum Gasteiger partial charge on any atom is -0.389 e. The predicted octanol–water partition coefficient (Wildman–Crippen LogP) is 2.82. The maximum atomic E-state index is 13.5. The van der Waals surface area contributed by atoms with Crippen molar-refractivity contribution in [2.75, 3.05) is 4.72 Å². The van der Waals surface area contributed by atoms with Crippen LogP contribution in [0, 0.1) is 11.6 Å². The van der Waals surface area contributed by atoms with Gasteiger partial charge in [-0.15, -0.1) is 0 Å². The van der Waals surface area contributed by atoms with Crippen LogP contribution in [-0.2, 0) is 10.0 Å². The van der Waals surface area contributed by atoms with Crippen LogP contribution in [-0.4, -0.2) is 13.5 Å². The molecule has 0 radical (unpaired) electrons. The Balaban J connectivity index is 2.37. The molecule has 1 atom stereocenters. The van der Waals surface area contributed by atoms with Crippen LogP contribution in [0.5, 0.6) is 0 Å². The third kappa shape index (κ3) is 3.56. The van der Waals surface area contributed by atoms with Gasteiger partial charge in [-0.2, -0.15) is 0 Å². The first-order chi connectivity index (χ1) is 9.79. The highest BCUT2D eigenvalue weighted by Gasteiger charge is 2.20. The minimum absolute atomic E-state index is 0.150. The maximum Gasteiger partial charge on any atom is 0.264 e. The van der Waals surface area contributed by atoms with Gasteiger partial charge in [0.2, 0.25) is 0 Å². The lowest BCUT2D eigenvalue weighted by Crippen LogP contribution is -2.15. The Labute approximate surface area is 121 Å². The van der Waals surface area contributed by atoms with Crippen LogP contribution in [0.4, 0.5) is 14.5 Å². The first-order valence-corrected chi connectivity index (χ1v) is 7.54. The van der Waals surface area contributed by atoms with Crippen molar-refractivity contribution in [1.82, 2.24) is 0 Å². The average molecular weight is 313 g/mol. The number of benzene rings is 2. The van der Waals surface area contributed by atoms with Crippen LogP contribution in [0.2, 0.25) is 0 Å². The molecule has 0 bridgehead atoms. The molecule has 2 N–H and O–H groups in total. The van der Waals surface area contributed by atoms with Gasteiger partial charge >= 0.3 is 0 Å². The van der Waals surface area contributed by atoms with Crippen molar-refractivity contribution in [2.24, 2.45) is 0 Å². The van der Waals surface area contributed by atoms with E-state index in [1.165, 1.54) is 19.1 Å². The summed E-state index contributed by atoms with van der Waals surface area (Å²) in [7, 11) is -4.26. The number of hydrogen-bond acceptors (Lipinski definition) is 3. The van der Waals surface area contributed by atoms with E-state index in [2.05, 4.69) is 4.72 Å². The quantitative estimate of drug-likeness (QED) is 0.912. The molecule has 7 heteroatoms. The van der Waals surface area contributed by atoms with Crippen molar-refractivity contribution in [3.63, 3.8) is 0 Å². The summed E-state index contributed by atoms with van der Waals surface area (Å²) in [6, 6.07) is 8.21. The SMILES string of the molecule is CC(O)c1cccc(NS(=O)(=O)c2cc(F)ccc2F)c1. The van der Waals surface area contributed by atoms with Gasteiger partial charge in [0.25, 0.3) is 10.0 Å². The summed E-state index contributed by atoms with van der Waals surface area (Å²) < 4.78 is 52.9. The zero-order chi connectivity index (χ0) is 15.6. The predicted molar refractivity (Wildman–Crippen MR) is 74.2 cm³/mol. The summed E-state index contributed by atoms with van der Waals surface area (Å²) in [4.78, 5) is -0.773. The van der Waals surface area contributed by atoms with E-state index in [-0.39, 0.29) is 5.69 Å². The monoisotopic (exact) mass is 313 g/mol. The van der Waals surface area contributed by atoms with Crippen LogP contribution in [0.1, 0.15) is 18.6 Å². The van der Waals surface area contributed by atoms with Gasteiger partial charge < -0.3 is 5.11 Å². The summed E-state index contributed by atoms with van der Waals surface area (Å²) in [5.74, 6) is -1.90. The van der Waals surface area contributed by atoms with E-state index in [1.54, 1.807) is 12.1 Å². The highest BCUT2D eigenvalue weighted by Crippen LogP contribution is 2.22. The number of hydrogen-bond donors (Lipinski definition) is 2. The molecule has 2 aromatic carbocycles. The lowest BCUT2D eigenvalue weighted by Gasteiger charge is -2.11. The second kappa shape index (κ2) is 5.79. The Morgan fingerprint density at radius 2 is 1.86 bits per heavy atom. The number of rotatable bonds is 4. The fourth-order valence-electron chi connectivity index (χ4n) is 1.76. The average Bonchev–Trinajstić information content (AvgIpc) is 2.41. The first kappa shape index (κ1) is 15.4. The van der Waals surface area contributed by atoms with Crippen molar-refractivity contribution in [3.05, 3.63) is 59.7 Å². The summed E-state index contributed by atoms with van der Waals surface area (Å²) in [6.07, 6.45) is -0.777. The number of nitrogens with one attached hydrogen (secondary N) is 1. The second-order valence-corrected chi connectivity index (χ2v) is 6.13. The number of aliphatic hydroxyl groups excluding tert-OH is 1. The van der Waals surface area contributed by atoms with Crippen molar-refractivity contribution >= 4 is 15.7 Å². The lowest BCUT2D eigenvalue weighted by molar-refractivity contribution is 0.199. The molecule has 0 saturated heterocycles. The Morgan fingerprint density at radius 3 is 2.52 bits per heavy atom. The van der Waals surface area contributed by atoms with Gasteiger partial charge in [-0.05, 0) is 42.8 Å². The van der Waals surface area contributed by atoms with Crippen molar-refractivity contribution in [2.45, 2.75) is 17.9 Å². The van der Waals surface area contributed by atoms with E-state index in [0.29, 0.717) is 11.6 Å². The zero-order valence-electron chi connectivity index (χ0n) is 11.0. The highest BCUT2D eigenvalue weighted by molar-refractivity contribution is 7.92. The highest BCUT2D eigenvalue weighted by atomic mass is 32.2. The van der Waals surface area contributed by atoms with Crippen molar-refractivity contribution < 1.29 is 22.3 Å². The molecule has 112 valence electrons. The number of anilines is 1. The molecule has 0 aliphatic carbocycles. The minimum atomic E-state index is -4.26. The van der Waals surface area contributed by atoms with Crippen molar-refractivity contribution in [3.8, 4) is 0 Å². The smallest absolute Gasteiger partial charge is 0.264 e. The maximum absolute atomic E-state index is 13.5. The van der Waals surface area contributed by atoms with E-state index < -0.39 is 32.7 Å². The molecular formula is C14H13F2NO3S. The summed E-state index contributed by atoms with van der Waals surface area (Å²) in [5.41, 5.74) is 0.645. The van der Waals surface area contributed by atoms with Gasteiger partial charge in [0, 0.05) is 5.69 Å². The molecule has 21 heavy (non-hydrogen) atoms. The van der Waals surface area contributed by atoms with Crippen LogP contribution >= 0.6 is 0 Å². The third-order valence-electron chi connectivity index (χ3n) is 2.80. The van der Waals surface area contributed by atoms with E-state index >= 15 is 0 Å². The summed E-state index contributed by atoms with van der Waals surface area (Å²) in [6.45, 7) is 1.53. The topological polar surface area (TPSA) is 66.4 Å². The second-order valence-electron chi connectivity index (χ2n) is 4.48. The van der Waals surface area contributed by atoms with E-state index in [1.807, 2.05) is 0 Å². The van der Waals surface area contributed by atoms with Gasteiger partial charge in [0.15, 0.2) is 0 Å². The van der Waals surface area contributed by atoms with Crippen LogP contribution in [0.15, 0.2) is 47.4 Å². The Morgan fingerprint density at radius 1 is 1.14 bits per heavy atom. The van der Waals surface area contributed by atoms with Gasteiger partial charge in [0.1, 0.15) is 16.5 Å². The molecule has 0 amide bonds. The fraction of sp³-hybridized carbons (Fsp3) is 0.143. The standard InChI is InChI=1S/C14H13F2NO3S/c1-9(18)10-3-2-4-12(7-10)17-21(19,20)14-8-11(15)5-6-13(14)16/h2-9,17-18H,1H3. The first-order valence-electron chi connectivity index (χ1n) is 6.05. The molecule has 0 spiro atoms. The lowest BCUT2D eigenvalue weighted by atomic mass is 10.1. The summed E-state index contributed by atoms with van der Waals surface area (Å²) in [5, 5.41) is 9.46. The molecule has 0 aliphatic heterocycles. The van der Waals surface area contributed by atoms with Gasteiger partial charge in [-0.25, -0.2) is 17.2 Å². The molecular weight excluding hydrogens is 300 g/mol. The molecule has 2 rings (SSSR count).